The summed E-state index contributed by atoms with van der Waals surface area (Å²) in [6, 6.07) is 0.355. The standard InChI is InChI=1S/C13H23N3O2/c1-3-9-8-16(10(4-2)7-14-9)13(18)11-5-6-12(17)15-11/h9-11,14H,3-8H2,1-2H3,(H,15,17)/t9?,10?,11-/m1/s1. The second-order valence-electron chi connectivity index (χ2n) is 5.22. The largest absolute Gasteiger partial charge is 0.344 e. The third-order valence-electron chi connectivity index (χ3n) is 4.04. The second-order valence-corrected chi connectivity index (χ2v) is 5.22. The number of carbonyl (C=O) groups excluding carboxylic acids is 2. The molecule has 18 heavy (non-hydrogen) atoms. The number of amides is 2. The minimum absolute atomic E-state index is 0.00331. The van der Waals surface area contributed by atoms with Gasteiger partial charge in [-0.25, -0.2) is 0 Å². The number of hydrogen-bond donors (Lipinski definition) is 2. The van der Waals surface area contributed by atoms with Crippen LogP contribution in [0.3, 0.4) is 0 Å². The molecule has 2 unspecified atom stereocenters. The van der Waals surface area contributed by atoms with Crippen molar-refractivity contribution < 1.29 is 9.59 Å². The zero-order chi connectivity index (χ0) is 13.1. The first-order chi connectivity index (χ1) is 8.65. The fourth-order valence-corrected chi connectivity index (χ4v) is 2.77. The minimum Gasteiger partial charge on any atom is -0.344 e. The van der Waals surface area contributed by atoms with Gasteiger partial charge in [0.1, 0.15) is 6.04 Å². The smallest absolute Gasteiger partial charge is 0.245 e. The number of nitrogens with one attached hydrogen (secondary N) is 2. The normalized spacial score (nSPS) is 32.4. The molecule has 2 N–H and O–H groups in total. The molecule has 0 aliphatic carbocycles. The lowest BCUT2D eigenvalue weighted by molar-refractivity contribution is -0.138. The maximum atomic E-state index is 12.5. The van der Waals surface area contributed by atoms with Gasteiger partial charge in [-0.2, -0.15) is 0 Å². The van der Waals surface area contributed by atoms with Crippen LogP contribution < -0.4 is 10.6 Å². The maximum Gasteiger partial charge on any atom is 0.245 e. The second kappa shape index (κ2) is 5.69. The van der Waals surface area contributed by atoms with E-state index in [-0.39, 0.29) is 23.9 Å². The molecule has 0 aromatic carbocycles. The SMILES string of the molecule is CCC1CN(C(=O)[C@H]2CCC(=O)N2)C(CC)CN1. The summed E-state index contributed by atoms with van der Waals surface area (Å²) in [4.78, 5) is 25.7. The predicted octanol–water partition coefficient (Wildman–Crippen LogP) is 0.254. The molecule has 2 rings (SSSR count). The number of carbonyl (C=O) groups is 2. The molecule has 0 saturated carbocycles. The predicted molar refractivity (Wildman–Crippen MR) is 69.0 cm³/mol. The van der Waals surface area contributed by atoms with Crippen molar-refractivity contribution in [2.45, 2.75) is 57.7 Å². The van der Waals surface area contributed by atoms with Crippen molar-refractivity contribution in [2.24, 2.45) is 0 Å². The first-order valence-corrected chi connectivity index (χ1v) is 6.98. The summed E-state index contributed by atoms with van der Waals surface area (Å²) in [5.74, 6) is 0.108. The first kappa shape index (κ1) is 13.3. The van der Waals surface area contributed by atoms with Crippen LogP contribution in [-0.4, -0.2) is 47.9 Å². The van der Waals surface area contributed by atoms with Crippen molar-refractivity contribution in [2.75, 3.05) is 13.1 Å². The lowest BCUT2D eigenvalue weighted by atomic mass is 10.0. The van der Waals surface area contributed by atoms with Crippen LogP contribution in [0.5, 0.6) is 0 Å². The van der Waals surface area contributed by atoms with Gasteiger partial charge in [0.2, 0.25) is 11.8 Å². The van der Waals surface area contributed by atoms with Gasteiger partial charge in [0.15, 0.2) is 0 Å². The number of rotatable bonds is 3. The Morgan fingerprint density at radius 2 is 2.17 bits per heavy atom. The van der Waals surface area contributed by atoms with E-state index < -0.39 is 0 Å². The molecule has 2 heterocycles. The summed E-state index contributed by atoms with van der Waals surface area (Å²) >= 11 is 0. The van der Waals surface area contributed by atoms with Gasteiger partial charge < -0.3 is 15.5 Å². The first-order valence-electron chi connectivity index (χ1n) is 6.98. The minimum atomic E-state index is -0.290. The topological polar surface area (TPSA) is 61.4 Å². The summed E-state index contributed by atoms with van der Waals surface area (Å²) < 4.78 is 0. The van der Waals surface area contributed by atoms with Crippen LogP contribution in [0.4, 0.5) is 0 Å². The van der Waals surface area contributed by atoms with Crippen LogP contribution in [0.1, 0.15) is 39.5 Å². The van der Waals surface area contributed by atoms with E-state index in [0.717, 1.165) is 25.9 Å². The molecule has 0 bridgehead atoms. The summed E-state index contributed by atoms with van der Waals surface area (Å²) in [5.41, 5.74) is 0. The van der Waals surface area contributed by atoms with Crippen molar-refractivity contribution in [3.05, 3.63) is 0 Å². The van der Waals surface area contributed by atoms with Gasteiger partial charge in [-0.1, -0.05) is 13.8 Å². The molecule has 5 heteroatoms. The van der Waals surface area contributed by atoms with Gasteiger partial charge in [-0.05, 0) is 19.3 Å². The van der Waals surface area contributed by atoms with Crippen LogP contribution in [0.25, 0.3) is 0 Å². The molecule has 3 atom stereocenters. The molecular weight excluding hydrogens is 230 g/mol. The Morgan fingerprint density at radius 3 is 2.72 bits per heavy atom. The highest BCUT2D eigenvalue weighted by atomic mass is 16.2. The average molecular weight is 253 g/mol. The third kappa shape index (κ3) is 2.66. The molecule has 2 aliphatic heterocycles. The Kier molecular flexibility index (Phi) is 4.22. The van der Waals surface area contributed by atoms with E-state index in [9.17, 15) is 9.59 Å². The number of piperazine rings is 1. The molecule has 5 nitrogen and oxygen atoms in total. The molecular formula is C13H23N3O2. The van der Waals surface area contributed by atoms with E-state index in [1.807, 2.05) is 4.90 Å². The third-order valence-corrected chi connectivity index (χ3v) is 4.04. The Labute approximate surface area is 108 Å². The molecule has 0 spiro atoms. The number of hydrogen-bond acceptors (Lipinski definition) is 3. The van der Waals surface area contributed by atoms with Crippen LogP contribution >= 0.6 is 0 Å². The highest BCUT2D eigenvalue weighted by molar-refractivity contribution is 5.91. The van der Waals surface area contributed by atoms with E-state index in [2.05, 4.69) is 24.5 Å². The molecule has 2 aliphatic rings. The number of nitrogens with zero attached hydrogens (tertiary/aromatic N) is 1. The van der Waals surface area contributed by atoms with Gasteiger partial charge in [-0.15, -0.1) is 0 Å². The Morgan fingerprint density at radius 1 is 1.39 bits per heavy atom. The van der Waals surface area contributed by atoms with Crippen molar-refractivity contribution in [1.82, 2.24) is 15.5 Å². The van der Waals surface area contributed by atoms with Crippen LogP contribution in [0.15, 0.2) is 0 Å². The fourth-order valence-electron chi connectivity index (χ4n) is 2.77. The van der Waals surface area contributed by atoms with Crippen molar-refractivity contribution in [3.63, 3.8) is 0 Å². The molecule has 0 aromatic heterocycles. The van der Waals surface area contributed by atoms with E-state index in [1.165, 1.54) is 0 Å². The quantitative estimate of drug-likeness (QED) is 0.758. The van der Waals surface area contributed by atoms with E-state index in [4.69, 9.17) is 0 Å². The summed E-state index contributed by atoms with van der Waals surface area (Å²) in [6.45, 7) is 5.86. The lowest BCUT2D eigenvalue weighted by Crippen LogP contribution is -2.60. The monoisotopic (exact) mass is 253 g/mol. The molecule has 102 valence electrons. The molecule has 0 radical (unpaired) electrons. The zero-order valence-corrected chi connectivity index (χ0v) is 11.2. The van der Waals surface area contributed by atoms with Crippen LogP contribution in [-0.2, 0) is 9.59 Å². The average Bonchev–Trinajstić information content (AvgIpc) is 2.83. The van der Waals surface area contributed by atoms with E-state index in [0.29, 0.717) is 18.9 Å². The van der Waals surface area contributed by atoms with Gasteiger partial charge in [0, 0.05) is 31.6 Å². The Bertz CT molecular complexity index is 332. The molecule has 2 fully saturated rings. The van der Waals surface area contributed by atoms with Gasteiger partial charge >= 0.3 is 0 Å². The van der Waals surface area contributed by atoms with E-state index in [1.54, 1.807) is 0 Å². The van der Waals surface area contributed by atoms with Crippen molar-refractivity contribution >= 4 is 11.8 Å². The van der Waals surface area contributed by atoms with Gasteiger partial charge in [-0.3, -0.25) is 9.59 Å². The zero-order valence-electron chi connectivity index (χ0n) is 11.2. The summed E-state index contributed by atoms with van der Waals surface area (Å²) in [6.07, 6.45) is 3.11. The van der Waals surface area contributed by atoms with E-state index >= 15 is 0 Å². The molecule has 2 saturated heterocycles. The highest BCUT2D eigenvalue weighted by Gasteiger charge is 2.36. The Hall–Kier alpha value is -1.10. The fraction of sp³-hybridized carbons (Fsp3) is 0.846. The molecule has 0 aromatic rings. The van der Waals surface area contributed by atoms with Crippen LogP contribution in [0, 0.1) is 0 Å². The Balaban J connectivity index is 2.03. The van der Waals surface area contributed by atoms with Crippen molar-refractivity contribution in [1.29, 1.82) is 0 Å². The molecule has 2 amide bonds. The summed E-state index contributed by atoms with van der Waals surface area (Å²) in [7, 11) is 0. The van der Waals surface area contributed by atoms with Crippen molar-refractivity contribution in [3.8, 4) is 0 Å². The van der Waals surface area contributed by atoms with Crippen LogP contribution in [0.2, 0.25) is 0 Å². The highest BCUT2D eigenvalue weighted by Crippen LogP contribution is 2.17. The van der Waals surface area contributed by atoms with Gasteiger partial charge in [0.05, 0.1) is 0 Å². The lowest BCUT2D eigenvalue weighted by Gasteiger charge is -2.41. The van der Waals surface area contributed by atoms with Gasteiger partial charge in [0.25, 0.3) is 0 Å². The summed E-state index contributed by atoms with van der Waals surface area (Å²) in [5, 5.41) is 6.25. The maximum absolute atomic E-state index is 12.5.